The minimum atomic E-state index is -4.78. The van der Waals surface area contributed by atoms with Crippen LogP contribution in [0.1, 0.15) is 19.0 Å². The number of benzene rings is 2. The monoisotopic (exact) mass is 519 g/mol. The van der Waals surface area contributed by atoms with E-state index >= 15 is 0 Å². The maximum Gasteiger partial charge on any atom is 0.573 e. The fraction of sp³-hybridized carbons (Fsp3) is 0.208. The Morgan fingerprint density at radius 2 is 1.81 bits per heavy atom. The molecule has 0 saturated carbocycles. The molecule has 0 fully saturated rings. The molecule has 0 unspecified atom stereocenters. The van der Waals surface area contributed by atoms with Gasteiger partial charge in [-0.15, -0.1) is 13.2 Å². The Morgan fingerprint density at radius 3 is 2.50 bits per heavy atom. The number of halogens is 3. The molecule has 0 saturated heterocycles. The number of furan rings is 1. The van der Waals surface area contributed by atoms with Crippen molar-refractivity contribution in [2.24, 2.45) is 0 Å². The van der Waals surface area contributed by atoms with Crippen molar-refractivity contribution in [2.75, 3.05) is 0 Å². The van der Waals surface area contributed by atoms with Crippen molar-refractivity contribution in [2.45, 2.75) is 37.3 Å². The minimum Gasteiger partial charge on any atom is -0.443 e. The first-order valence-corrected chi connectivity index (χ1v) is 12.2. The van der Waals surface area contributed by atoms with Crippen LogP contribution in [-0.2, 0) is 21.2 Å². The third-order valence-electron chi connectivity index (χ3n) is 5.22. The summed E-state index contributed by atoms with van der Waals surface area (Å²) in [6.07, 6.45) is -3.30. The van der Waals surface area contributed by atoms with E-state index in [0.717, 1.165) is 0 Å². The molecule has 188 valence electrons. The Balaban J connectivity index is 1.37. The van der Waals surface area contributed by atoms with Gasteiger partial charge in [-0.05, 0) is 49.7 Å². The number of alkyl halides is 3. The van der Waals surface area contributed by atoms with E-state index in [2.05, 4.69) is 19.4 Å². The fourth-order valence-electron chi connectivity index (χ4n) is 3.43. The zero-order valence-electron chi connectivity index (χ0n) is 18.8. The largest absolute Gasteiger partial charge is 0.573 e. The molecule has 1 N–H and O–H groups in total. The highest BCUT2D eigenvalue weighted by Crippen LogP contribution is 2.26. The van der Waals surface area contributed by atoms with Crippen LogP contribution in [0.15, 0.2) is 76.5 Å². The lowest BCUT2D eigenvalue weighted by molar-refractivity contribution is -0.274. The van der Waals surface area contributed by atoms with Gasteiger partial charge in [0, 0.05) is 29.1 Å². The lowest BCUT2D eigenvalue weighted by atomic mass is 10.1. The number of fused-ring (bicyclic) bond motifs is 1. The number of ether oxygens (including phenoxy) is 1. The van der Waals surface area contributed by atoms with Crippen molar-refractivity contribution in [3.05, 3.63) is 72.7 Å². The van der Waals surface area contributed by atoms with Crippen molar-refractivity contribution in [3.8, 4) is 17.0 Å². The molecular formula is C24H20F3N3O5S. The molecule has 0 bridgehead atoms. The first-order valence-electron chi connectivity index (χ1n) is 10.7. The van der Waals surface area contributed by atoms with E-state index in [-0.39, 0.29) is 29.5 Å². The second-order valence-corrected chi connectivity index (χ2v) is 9.52. The predicted octanol–water partition coefficient (Wildman–Crippen LogP) is 4.66. The number of carbonyl (C=O) groups excluding carboxylic acids is 1. The Morgan fingerprint density at radius 1 is 1.08 bits per heavy atom. The molecule has 0 aliphatic heterocycles. The van der Waals surface area contributed by atoms with Gasteiger partial charge < -0.3 is 9.15 Å². The number of carbonyl (C=O) groups is 1. The van der Waals surface area contributed by atoms with Gasteiger partial charge in [0.25, 0.3) is 10.0 Å². The highest BCUT2D eigenvalue weighted by molar-refractivity contribution is 7.89. The van der Waals surface area contributed by atoms with Gasteiger partial charge in [-0.25, -0.2) is 18.4 Å². The van der Waals surface area contributed by atoms with E-state index < -0.39 is 22.4 Å². The van der Waals surface area contributed by atoms with Crippen molar-refractivity contribution < 1.29 is 35.5 Å². The molecule has 0 spiro atoms. The number of Topliss-reactive ketones (excluding diaryl/α,β-unsaturated/α-hetero) is 1. The second-order valence-electron chi connectivity index (χ2n) is 7.88. The van der Waals surface area contributed by atoms with E-state index in [1.165, 1.54) is 43.6 Å². The van der Waals surface area contributed by atoms with E-state index in [1.807, 2.05) is 0 Å². The number of hydrogen-bond donors (Lipinski definition) is 1. The number of nitrogens with one attached hydrogen (secondary N) is 1. The molecule has 0 radical (unpaired) electrons. The highest BCUT2D eigenvalue weighted by Gasteiger charge is 2.31. The number of aromatic nitrogens is 2. The zero-order chi connectivity index (χ0) is 25.9. The summed E-state index contributed by atoms with van der Waals surface area (Å²) in [7, 11) is -4.05. The molecule has 0 amide bonds. The van der Waals surface area contributed by atoms with E-state index in [4.69, 9.17) is 4.42 Å². The van der Waals surface area contributed by atoms with Gasteiger partial charge in [-0.3, -0.25) is 4.79 Å². The number of rotatable bonds is 9. The SMILES string of the molecule is C[C@H](NS(=O)(=O)c1cc2ccccc2o1)C(=O)CCc1cc(-c2ccc(OC(F)(F)F)cc2)ncn1. The number of sulfonamides is 1. The average molecular weight is 520 g/mol. The van der Waals surface area contributed by atoms with E-state index in [9.17, 15) is 26.4 Å². The molecule has 4 rings (SSSR count). The van der Waals surface area contributed by atoms with Gasteiger partial charge in [0.05, 0.1) is 11.7 Å². The van der Waals surface area contributed by atoms with Crippen LogP contribution < -0.4 is 9.46 Å². The molecule has 8 nitrogen and oxygen atoms in total. The Labute approximate surface area is 204 Å². The summed E-state index contributed by atoms with van der Waals surface area (Å²) in [6.45, 7) is 1.44. The lowest BCUT2D eigenvalue weighted by Crippen LogP contribution is -2.38. The number of nitrogens with zero attached hydrogens (tertiary/aromatic N) is 2. The van der Waals surface area contributed by atoms with Gasteiger partial charge in [-0.2, -0.15) is 4.72 Å². The van der Waals surface area contributed by atoms with Crippen LogP contribution >= 0.6 is 0 Å². The Bertz CT molecular complexity index is 1450. The molecule has 0 aliphatic rings. The van der Waals surface area contributed by atoms with Crippen LogP contribution in [0.4, 0.5) is 13.2 Å². The Kier molecular flexibility index (Phi) is 7.09. The number of para-hydroxylation sites is 1. The van der Waals surface area contributed by atoms with Gasteiger partial charge in [0.15, 0.2) is 5.78 Å². The molecule has 36 heavy (non-hydrogen) atoms. The Hall–Kier alpha value is -3.77. The normalized spacial score (nSPS) is 13.0. The minimum absolute atomic E-state index is 0.00136. The highest BCUT2D eigenvalue weighted by atomic mass is 32.2. The maximum atomic E-state index is 12.6. The van der Waals surface area contributed by atoms with Crippen molar-refractivity contribution in [3.63, 3.8) is 0 Å². The molecule has 12 heteroatoms. The zero-order valence-corrected chi connectivity index (χ0v) is 19.6. The third-order valence-corrected chi connectivity index (χ3v) is 6.61. The quantitative estimate of drug-likeness (QED) is 0.342. The first-order chi connectivity index (χ1) is 17.0. The van der Waals surface area contributed by atoms with Gasteiger partial charge in [0.1, 0.15) is 17.7 Å². The van der Waals surface area contributed by atoms with Gasteiger partial charge in [-0.1, -0.05) is 18.2 Å². The molecule has 4 aromatic rings. The summed E-state index contributed by atoms with van der Waals surface area (Å²) in [4.78, 5) is 20.8. The van der Waals surface area contributed by atoms with Crippen LogP contribution in [0, 0.1) is 0 Å². The summed E-state index contributed by atoms with van der Waals surface area (Å²) in [5, 5.41) is 0.342. The predicted molar refractivity (Wildman–Crippen MR) is 123 cm³/mol. The second kappa shape index (κ2) is 10.1. The van der Waals surface area contributed by atoms with Crippen molar-refractivity contribution in [1.82, 2.24) is 14.7 Å². The summed E-state index contributed by atoms with van der Waals surface area (Å²) < 4.78 is 73.9. The van der Waals surface area contributed by atoms with E-state index in [1.54, 1.807) is 30.3 Å². The molecule has 0 aliphatic carbocycles. The maximum absolute atomic E-state index is 12.6. The molecule has 2 heterocycles. The van der Waals surface area contributed by atoms with Crippen molar-refractivity contribution >= 4 is 26.8 Å². The standard InChI is InChI=1S/C24H20F3N3O5S/c1-15(30-36(32,33)23-12-17-4-2-3-5-22(17)34-23)21(31)11-8-18-13-20(29-14-28-18)16-6-9-19(10-7-16)35-24(25,26)27/h2-7,9-10,12-15,30H,8,11H2,1H3/t15-/m0/s1. The topological polar surface area (TPSA) is 111 Å². The average Bonchev–Trinajstić information content (AvgIpc) is 3.27. The lowest BCUT2D eigenvalue weighted by Gasteiger charge is -2.12. The number of ketones is 1. The van der Waals surface area contributed by atoms with Crippen LogP contribution in [-0.4, -0.2) is 36.6 Å². The summed E-state index contributed by atoms with van der Waals surface area (Å²) in [6, 6.07) is 14.0. The molecule has 2 aromatic carbocycles. The third kappa shape index (κ3) is 6.26. The summed E-state index contributed by atoms with van der Waals surface area (Å²) >= 11 is 0. The number of aryl methyl sites for hydroxylation is 1. The fourth-order valence-corrected chi connectivity index (χ4v) is 4.63. The smallest absolute Gasteiger partial charge is 0.443 e. The molecule has 2 aromatic heterocycles. The van der Waals surface area contributed by atoms with Crippen LogP contribution in [0.25, 0.3) is 22.2 Å². The summed E-state index contributed by atoms with van der Waals surface area (Å²) in [5.74, 6) is -0.714. The molecule has 1 atom stereocenters. The van der Waals surface area contributed by atoms with Gasteiger partial charge in [0.2, 0.25) is 5.09 Å². The van der Waals surface area contributed by atoms with Crippen LogP contribution in [0.2, 0.25) is 0 Å². The first kappa shape index (κ1) is 25.3. The van der Waals surface area contributed by atoms with Gasteiger partial charge >= 0.3 is 6.36 Å². The summed E-state index contributed by atoms with van der Waals surface area (Å²) in [5.41, 5.74) is 1.91. The number of hydrogen-bond acceptors (Lipinski definition) is 7. The van der Waals surface area contributed by atoms with E-state index in [0.29, 0.717) is 27.9 Å². The molecular weight excluding hydrogens is 499 g/mol. The van der Waals surface area contributed by atoms with Crippen LogP contribution in [0.3, 0.4) is 0 Å². The van der Waals surface area contributed by atoms with Crippen LogP contribution in [0.5, 0.6) is 5.75 Å². The van der Waals surface area contributed by atoms with Crippen molar-refractivity contribution in [1.29, 1.82) is 0 Å².